The highest BCUT2D eigenvalue weighted by Gasteiger charge is 2.48. The molecule has 0 aromatic rings. The van der Waals surface area contributed by atoms with Crippen LogP contribution in [0.4, 0.5) is 0 Å². The lowest BCUT2D eigenvalue weighted by atomic mass is 9.96. The fraction of sp³-hybridized carbons (Fsp3) is 0.776. The summed E-state index contributed by atoms with van der Waals surface area (Å²) in [7, 11) is 0. The van der Waals surface area contributed by atoms with E-state index in [9.17, 15) is 82.1 Å². The Morgan fingerprint density at radius 1 is 0.404 bits per heavy atom. The molecule has 3 aliphatic rings. The number of aliphatic hydroxyl groups is 2. The largest absolute Gasteiger partial charge is 0.394 e. The average Bonchev–Trinajstić information content (AvgIpc) is 1.74. The van der Waals surface area contributed by atoms with Gasteiger partial charge in [0.25, 0.3) is 0 Å². The molecule has 3 rings (SSSR count). The summed E-state index contributed by atoms with van der Waals surface area (Å²) >= 11 is 0. The number of primary amides is 1. The van der Waals surface area contributed by atoms with Crippen molar-refractivity contribution in [3.63, 3.8) is 0 Å². The number of amides is 15. The average molecular weight is 1400 g/mol. The summed E-state index contributed by atoms with van der Waals surface area (Å²) in [5, 5.41) is 49.2. The highest BCUT2D eigenvalue weighted by molar-refractivity contribution is 6.03. The number of likely N-dealkylation sites (tertiary alicyclic amines) is 3. The maximum Gasteiger partial charge on any atom is 0.248 e. The Hall–Kier alpha value is -8.03. The fourth-order valence-electron chi connectivity index (χ4n) is 12.3. The van der Waals surface area contributed by atoms with Crippen LogP contribution >= 0.6 is 0 Å². The van der Waals surface area contributed by atoms with Gasteiger partial charge in [-0.05, 0) is 151 Å². The van der Waals surface area contributed by atoms with Crippen LogP contribution in [0.3, 0.4) is 0 Å². The smallest absolute Gasteiger partial charge is 0.248 e. The van der Waals surface area contributed by atoms with E-state index in [0.717, 1.165) is 0 Å². The van der Waals surface area contributed by atoms with Crippen molar-refractivity contribution >= 4 is 88.6 Å². The monoisotopic (exact) mass is 1400 g/mol. The predicted molar refractivity (Wildman–Crippen MR) is 364 cm³/mol. The van der Waals surface area contributed by atoms with E-state index in [-0.39, 0.29) is 69.7 Å². The van der Waals surface area contributed by atoms with Crippen molar-refractivity contribution in [1.29, 1.82) is 0 Å². The molecule has 32 nitrogen and oxygen atoms in total. The van der Waals surface area contributed by atoms with Crippen molar-refractivity contribution in [3.8, 4) is 0 Å². The molecule has 1 unspecified atom stereocenters. The van der Waals surface area contributed by atoms with Crippen LogP contribution in [0.25, 0.3) is 0 Å². The van der Waals surface area contributed by atoms with E-state index in [2.05, 4.69) is 58.5 Å². The SMILES string of the molecule is CC(=O)NC(C)(C)C(=O)N[C@@H](CC(N)=O)C(=O)N[C@@H](CC(C)C)C(=O)NC(C)(C)C(=O)N1CCC[C@H]1C(=O)N[C@@H](CO)C(=O)N[C@H](C(=O)NC(C)(C)C(=O)N1CCC[C@H]1C(=O)NC(C)(C)C(=O)N[C@@H](CC(C)C)C(=O)NC(C)(C)C(=O)N1CCC[C@H]1C(=O)NC(CO)CC(C)C)C(C)C. The summed E-state index contributed by atoms with van der Waals surface area (Å²) in [4.78, 5) is 209. The highest BCUT2D eigenvalue weighted by Crippen LogP contribution is 2.27. The third-order valence-corrected chi connectivity index (χ3v) is 17.5. The second-order valence-electron chi connectivity index (χ2n) is 30.8. The first kappa shape index (κ1) is 85.2. The minimum atomic E-state index is -1.74. The number of hydrogen-bond acceptors (Lipinski definition) is 17. The lowest BCUT2D eigenvalue weighted by Gasteiger charge is -2.36. The van der Waals surface area contributed by atoms with E-state index >= 15 is 0 Å². The van der Waals surface area contributed by atoms with Crippen molar-refractivity contribution in [1.82, 2.24) is 73.2 Å². The van der Waals surface area contributed by atoms with Gasteiger partial charge in [0.2, 0.25) is 88.6 Å². The molecule has 3 heterocycles. The number of rotatable bonds is 35. The van der Waals surface area contributed by atoms with Crippen LogP contribution in [0.2, 0.25) is 0 Å². The maximum absolute atomic E-state index is 14.5. The highest BCUT2D eigenvalue weighted by atomic mass is 16.3. The van der Waals surface area contributed by atoms with Crippen LogP contribution in [0.15, 0.2) is 0 Å². The predicted octanol–water partition coefficient (Wildman–Crippen LogP) is -1.98. The van der Waals surface area contributed by atoms with E-state index < -0.39 is 190 Å². The van der Waals surface area contributed by atoms with Crippen molar-refractivity contribution < 1.29 is 82.1 Å². The third-order valence-electron chi connectivity index (χ3n) is 17.5. The molecule has 560 valence electrons. The standard InChI is InChI=1S/C67H115N15O17/c1-35(2)29-40(33-83)69-54(91)45-23-20-26-80(45)60(97)66(16,17)77-53(90)42(31-37(5)6)72-59(96)64(12,13)78-56(93)47-25-22-28-82(47)62(99)67(18,19)79-57(94)49(38(7)8)74-51(88)44(34-84)71-55(92)46-24-21-27-81(46)61(98)65(14,15)76-52(89)41(30-36(3)4)70-50(87)43(32-48(68)86)73-58(95)63(10,11)75-39(9)85/h35-38,40-47,49,83-84H,20-34H2,1-19H3,(H2,68,86)(H,69,91)(H,70,87)(H,71,92)(H,72,96)(H,73,95)(H,74,88)(H,75,85)(H,76,89)(H,77,90)(H,78,93)(H,79,94)/t40?,41-,42-,43-,44-,45-,46-,47-,49-/m0/s1. The molecule has 0 saturated carbocycles. The first-order valence-corrected chi connectivity index (χ1v) is 34.4. The molecule has 99 heavy (non-hydrogen) atoms. The van der Waals surface area contributed by atoms with Crippen LogP contribution in [0.1, 0.15) is 196 Å². The molecule has 3 fully saturated rings. The Kier molecular flexibility index (Phi) is 30.8. The Morgan fingerprint density at radius 2 is 0.768 bits per heavy atom. The van der Waals surface area contributed by atoms with Crippen LogP contribution in [-0.4, -0.2) is 228 Å². The van der Waals surface area contributed by atoms with Gasteiger partial charge in [0.05, 0.1) is 25.7 Å². The van der Waals surface area contributed by atoms with Crippen LogP contribution < -0.4 is 64.2 Å². The minimum Gasteiger partial charge on any atom is -0.394 e. The van der Waals surface area contributed by atoms with Crippen LogP contribution in [0.5, 0.6) is 0 Å². The van der Waals surface area contributed by atoms with Gasteiger partial charge in [-0.15, -0.1) is 0 Å². The minimum absolute atomic E-state index is 0.0219. The van der Waals surface area contributed by atoms with Crippen molar-refractivity contribution in [2.75, 3.05) is 32.8 Å². The maximum atomic E-state index is 14.5. The molecule has 9 atom stereocenters. The molecular formula is C67H115N15O17. The summed E-state index contributed by atoms with van der Waals surface area (Å²) in [6.45, 7) is 28.8. The first-order valence-electron chi connectivity index (χ1n) is 34.4. The summed E-state index contributed by atoms with van der Waals surface area (Å²) < 4.78 is 0. The Balaban J connectivity index is 1.70. The summed E-state index contributed by atoms with van der Waals surface area (Å²) in [6.07, 6.45) is 1.91. The molecule has 3 saturated heterocycles. The number of aliphatic hydroxyl groups excluding tert-OH is 2. The van der Waals surface area contributed by atoms with Gasteiger partial charge in [-0.3, -0.25) is 71.9 Å². The van der Waals surface area contributed by atoms with E-state index in [1.54, 1.807) is 27.7 Å². The van der Waals surface area contributed by atoms with E-state index in [1.165, 1.54) is 90.9 Å². The van der Waals surface area contributed by atoms with Gasteiger partial charge in [0.15, 0.2) is 0 Å². The van der Waals surface area contributed by atoms with E-state index in [4.69, 9.17) is 5.73 Å². The van der Waals surface area contributed by atoms with Crippen molar-refractivity contribution in [2.45, 2.75) is 278 Å². The zero-order valence-electron chi connectivity index (χ0n) is 61.5. The van der Waals surface area contributed by atoms with Gasteiger partial charge in [-0.25, -0.2) is 0 Å². The zero-order valence-corrected chi connectivity index (χ0v) is 61.5. The van der Waals surface area contributed by atoms with Crippen LogP contribution in [0, 0.1) is 23.7 Å². The van der Waals surface area contributed by atoms with Gasteiger partial charge in [0.1, 0.15) is 76.0 Å². The summed E-state index contributed by atoms with van der Waals surface area (Å²) in [5.74, 6) is -12.1. The normalized spacial score (nSPS) is 18.6. The van der Waals surface area contributed by atoms with Crippen LogP contribution in [-0.2, 0) is 71.9 Å². The number of nitrogens with two attached hydrogens (primary N) is 1. The zero-order chi connectivity index (χ0) is 75.8. The first-order chi connectivity index (χ1) is 45.5. The molecule has 0 aromatic heterocycles. The van der Waals surface area contributed by atoms with E-state index in [1.807, 2.05) is 27.7 Å². The lowest BCUT2D eigenvalue weighted by Crippen LogP contribution is -2.65. The number of carbonyl (C=O) groups is 15. The quantitative estimate of drug-likeness (QED) is 0.0327. The number of nitrogens with one attached hydrogen (secondary N) is 11. The van der Waals surface area contributed by atoms with Gasteiger partial charge in [0, 0.05) is 26.6 Å². The van der Waals surface area contributed by atoms with Gasteiger partial charge >= 0.3 is 0 Å². The molecule has 0 radical (unpaired) electrons. The molecular weight excluding hydrogens is 1290 g/mol. The Bertz CT molecular complexity index is 2980. The Morgan fingerprint density at radius 3 is 1.14 bits per heavy atom. The summed E-state index contributed by atoms with van der Waals surface area (Å²) in [6, 6.07) is -10.8. The second kappa shape index (κ2) is 35.8. The number of hydrogen-bond donors (Lipinski definition) is 14. The number of carbonyl (C=O) groups excluding carboxylic acids is 15. The molecule has 3 aliphatic heterocycles. The molecule has 32 heteroatoms. The summed E-state index contributed by atoms with van der Waals surface area (Å²) in [5.41, 5.74) is -2.79. The lowest BCUT2D eigenvalue weighted by molar-refractivity contribution is -0.146. The topological polar surface area (TPSA) is 465 Å². The molecule has 0 aliphatic carbocycles. The molecule has 0 spiro atoms. The Labute approximate surface area is 581 Å². The van der Waals surface area contributed by atoms with Gasteiger partial charge in [-0.2, -0.15) is 0 Å². The van der Waals surface area contributed by atoms with E-state index in [0.29, 0.717) is 32.1 Å². The molecule has 0 bridgehead atoms. The second-order valence-corrected chi connectivity index (χ2v) is 30.8. The third kappa shape index (κ3) is 24.4. The molecule has 15 amide bonds. The fourth-order valence-corrected chi connectivity index (χ4v) is 12.3. The molecule has 0 aromatic carbocycles. The molecule has 15 N–H and O–H groups in total. The van der Waals surface area contributed by atoms with Gasteiger partial charge in [-0.1, -0.05) is 55.4 Å². The van der Waals surface area contributed by atoms with Crippen molar-refractivity contribution in [2.24, 2.45) is 29.4 Å². The number of nitrogens with zero attached hydrogens (tertiary/aromatic N) is 3. The van der Waals surface area contributed by atoms with Gasteiger partial charge < -0.3 is 89.1 Å². The van der Waals surface area contributed by atoms with Crippen molar-refractivity contribution in [3.05, 3.63) is 0 Å².